The van der Waals surface area contributed by atoms with Crippen molar-refractivity contribution < 1.29 is 9.26 Å². The number of hydrogen-bond donors (Lipinski definition) is 1. The second-order valence-corrected chi connectivity index (χ2v) is 5.99. The molecular formula is C15H23N7O2. The zero-order valence-corrected chi connectivity index (χ0v) is 14.3. The van der Waals surface area contributed by atoms with Gasteiger partial charge in [-0.2, -0.15) is 4.98 Å². The molecule has 1 fully saturated rings. The molecule has 3 heterocycles. The topological polar surface area (TPSA) is 92.4 Å². The lowest BCUT2D eigenvalue weighted by atomic mass is 10.1. The van der Waals surface area contributed by atoms with E-state index in [1.54, 1.807) is 13.4 Å². The van der Waals surface area contributed by atoms with E-state index >= 15 is 0 Å². The Morgan fingerprint density at radius 2 is 2.12 bits per heavy atom. The first-order valence-corrected chi connectivity index (χ1v) is 7.98. The lowest BCUT2D eigenvalue weighted by Crippen LogP contribution is -2.39. The fourth-order valence-electron chi connectivity index (χ4n) is 2.66. The zero-order valence-electron chi connectivity index (χ0n) is 14.3. The molecule has 130 valence electrons. The summed E-state index contributed by atoms with van der Waals surface area (Å²) in [7, 11) is 5.54. The van der Waals surface area contributed by atoms with Crippen LogP contribution in [0.4, 0.5) is 17.7 Å². The smallest absolute Gasteiger partial charge is 0.324 e. The Labute approximate surface area is 141 Å². The number of hydrogen-bond acceptors (Lipinski definition) is 9. The minimum Gasteiger partial charge on any atom is -0.377 e. The molecule has 9 nitrogen and oxygen atoms in total. The molecule has 24 heavy (non-hydrogen) atoms. The summed E-state index contributed by atoms with van der Waals surface area (Å²) in [6.07, 6.45) is 3.54. The van der Waals surface area contributed by atoms with E-state index in [1.807, 2.05) is 25.1 Å². The molecule has 0 saturated carbocycles. The largest absolute Gasteiger partial charge is 0.377 e. The summed E-state index contributed by atoms with van der Waals surface area (Å²) < 4.78 is 10.3. The predicted octanol–water partition coefficient (Wildman–Crippen LogP) is 1.15. The third-order valence-corrected chi connectivity index (χ3v) is 3.96. The quantitative estimate of drug-likeness (QED) is 0.835. The van der Waals surface area contributed by atoms with Gasteiger partial charge in [0.25, 0.3) is 0 Å². The maximum atomic E-state index is 5.29. The van der Waals surface area contributed by atoms with Crippen LogP contribution in [0.5, 0.6) is 0 Å². The van der Waals surface area contributed by atoms with Crippen molar-refractivity contribution in [3.05, 3.63) is 18.2 Å². The molecule has 0 atom stereocenters. The van der Waals surface area contributed by atoms with E-state index in [4.69, 9.17) is 9.26 Å². The highest BCUT2D eigenvalue weighted by atomic mass is 16.5. The standard InChI is InChI=1S/C15H23N7O2/c1-21(2)14-8-12(16-10-17-14)18-11-4-6-22(7-5-11)15-19-13(9-23-3)20-24-15/h8,10-11H,4-7,9H2,1-3H3,(H,16,17,18). The molecule has 0 amide bonds. The molecule has 0 bridgehead atoms. The van der Waals surface area contributed by atoms with Gasteiger partial charge in [-0.15, -0.1) is 0 Å². The Kier molecular flexibility index (Phi) is 5.09. The number of rotatable bonds is 6. The summed E-state index contributed by atoms with van der Waals surface area (Å²) in [5.41, 5.74) is 0. The van der Waals surface area contributed by atoms with Gasteiger partial charge in [0.1, 0.15) is 24.6 Å². The Morgan fingerprint density at radius 1 is 1.33 bits per heavy atom. The van der Waals surface area contributed by atoms with Crippen LogP contribution in [-0.2, 0) is 11.3 Å². The molecule has 0 spiro atoms. The van der Waals surface area contributed by atoms with Crippen LogP contribution in [0.25, 0.3) is 0 Å². The average molecular weight is 333 g/mol. The van der Waals surface area contributed by atoms with Gasteiger partial charge < -0.3 is 24.4 Å². The second-order valence-electron chi connectivity index (χ2n) is 5.99. The van der Waals surface area contributed by atoms with Gasteiger partial charge in [-0.1, -0.05) is 5.16 Å². The summed E-state index contributed by atoms with van der Waals surface area (Å²) in [5.74, 6) is 2.32. The Hall–Kier alpha value is -2.42. The van der Waals surface area contributed by atoms with Crippen molar-refractivity contribution in [1.29, 1.82) is 0 Å². The first-order chi connectivity index (χ1) is 11.7. The van der Waals surface area contributed by atoms with Crippen molar-refractivity contribution >= 4 is 17.7 Å². The third-order valence-electron chi connectivity index (χ3n) is 3.96. The molecule has 0 unspecified atom stereocenters. The van der Waals surface area contributed by atoms with Crippen molar-refractivity contribution in [3.8, 4) is 0 Å². The van der Waals surface area contributed by atoms with E-state index < -0.39 is 0 Å². The first-order valence-electron chi connectivity index (χ1n) is 7.98. The maximum Gasteiger partial charge on any atom is 0.324 e. The number of anilines is 3. The van der Waals surface area contributed by atoms with Crippen molar-refractivity contribution in [2.24, 2.45) is 0 Å². The maximum absolute atomic E-state index is 5.29. The Morgan fingerprint density at radius 3 is 2.83 bits per heavy atom. The summed E-state index contributed by atoms with van der Waals surface area (Å²) >= 11 is 0. The molecule has 0 radical (unpaired) electrons. The van der Waals surface area contributed by atoms with Crippen molar-refractivity contribution in [2.75, 3.05) is 49.4 Å². The van der Waals surface area contributed by atoms with E-state index in [2.05, 4.69) is 30.3 Å². The molecule has 1 aliphatic heterocycles. The van der Waals surface area contributed by atoms with Crippen LogP contribution >= 0.6 is 0 Å². The minimum absolute atomic E-state index is 0.365. The number of nitrogens with one attached hydrogen (secondary N) is 1. The van der Waals surface area contributed by atoms with E-state index in [9.17, 15) is 0 Å². The third kappa shape index (κ3) is 3.91. The normalized spacial score (nSPS) is 15.5. The van der Waals surface area contributed by atoms with Gasteiger partial charge in [0.15, 0.2) is 5.82 Å². The number of nitrogens with zero attached hydrogens (tertiary/aromatic N) is 6. The second kappa shape index (κ2) is 7.43. The van der Waals surface area contributed by atoms with E-state index in [0.29, 0.717) is 24.5 Å². The fraction of sp³-hybridized carbons (Fsp3) is 0.600. The molecule has 2 aromatic heterocycles. The molecule has 0 aliphatic carbocycles. The highest BCUT2D eigenvalue weighted by Gasteiger charge is 2.23. The molecular weight excluding hydrogens is 310 g/mol. The molecule has 3 rings (SSSR count). The van der Waals surface area contributed by atoms with Crippen molar-refractivity contribution in [2.45, 2.75) is 25.5 Å². The van der Waals surface area contributed by atoms with Crippen LogP contribution in [0.2, 0.25) is 0 Å². The number of aromatic nitrogens is 4. The molecule has 9 heteroatoms. The lowest BCUT2D eigenvalue weighted by molar-refractivity contribution is 0.174. The molecule has 1 N–H and O–H groups in total. The van der Waals surface area contributed by atoms with Gasteiger partial charge in [0, 0.05) is 46.4 Å². The monoisotopic (exact) mass is 333 g/mol. The highest BCUT2D eigenvalue weighted by Crippen LogP contribution is 2.21. The van der Waals surface area contributed by atoms with E-state index in [1.165, 1.54) is 0 Å². The number of ether oxygens (including phenoxy) is 1. The van der Waals surface area contributed by atoms with Crippen LogP contribution in [0, 0.1) is 0 Å². The summed E-state index contributed by atoms with van der Waals surface area (Å²) in [5, 5.41) is 7.39. The van der Waals surface area contributed by atoms with Gasteiger partial charge in [0.05, 0.1) is 0 Å². The SMILES string of the molecule is COCc1noc(N2CCC(Nc3cc(N(C)C)ncn3)CC2)n1. The van der Waals surface area contributed by atoms with Crippen LogP contribution in [-0.4, -0.2) is 60.4 Å². The van der Waals surface area contributed by atoms with E-state index in [-0.39, 0.29) is 0 Å². The van der Waals surface area contributed by atoms with Crippen LogP contribution in [0.1, 0.15) is 18.7 Å². The summed E-state index contributed by atoms with van der Waals surface area (Å²) in [6, 6.07) is 2.89. The minimum atomic E-state index is 0.365. The van der Waals surface area contributed by atoms with Gasteiger partial charge in [-0.3, -0.25) is 0 Å². The average Bonchev–Trinajstić information content (AvgIpc) is 3.05. The Balaban J connectivity index is 1.54. The summed E-state index contributed by atoms with van der Waals surface area (Å²) in [6.45, 7) is 2.08. The zero-order chi connectivity index (χ0) is 16.9. The van der Waals surface area contributed by atoms with Crippen LogP contribution in [0.3, 0.4) is 0 Å². The fourth-order valence-corrected chi connectivity index (χ4v) is 2.66. The molecule has 0 aromatic carbocycles. The molecule has 2 aromatic rings. The lowest BCUT2D eigenvalue weighted by Gasteiger charge is -2.31. The van der Waals surface area contributed by atoms with Crippen LogP contribution < -0.4 is 15.1 Å². The van der Waals surface area contributed by atoms with Crippen LogP contribution in [0.15, 0.2) is 16.9 Å². The first kappa shape index (κ1) is 16.4. The van der Waals surface area contributed by atoms with Gasteiger partial charge >= 0.3 is 6.01 Å². The molecule has 1 aliphatic rings. The molecule has 1 saturated heterocycles. The Bertz CT molecular complexity index is 653. The van der Waals surface area contributed by atoms with Gasteiger partial charge in [-0.05, 0) is 12.8 Å². The number of methoxy groups -OCH3 is 1. The van der Waals surface area contributed by atoms with Gasteiger partial charge in [-0.25, -0.2) is 9.97 Å². The van der Waals surface area contributed by atoms with E-state index in [0.717, 1.165) is 37.6 Å². The predicted molar refractivity (Wildman–Crippen MR) is 90.2 cm³/mol. The van der Waals surface area contributed by atoms with Crippen molar-refractivity contribution in [3.63, 3.8) is 0 Å². The van der Waals surface area contributed by atoms with Gasteiger partial charge in [0.2, 0.25) is 0 Å². The van der Waals surface area contributed by atoms with Crippen molar-refractivity contribution in [1.82, 2.24) is 20.1 Å². The number of piperidine rings is 1. The highest BCUT2D eigenvalue weighted by molar-refractivity contribution is 5.48. The summed E-state index contributed by atoms with van der Waals surface area (Å²) in [4.78, 5) is 16.9.